The van der Waals surface area contributed by atoms with Gasteiger partial charge < -0.3 is 10.1 Å². The highest BCUT2D eigenvalue weighted by molar-refractivity contribution is 6.31. The van der Waals surface area contributed by atoms with Gasteiger partial charge >= 0.3 is 0 Å². The maximum absolute atomic E-state index is 13.0. The monoisotopic (exact) mass is 497 g/mol. The molecule has 4 rings (SSSR count). The highest BCUT2D eigenvalue weighted by Crippen LogP contribution is 2.32. The molecule has 36 heavy (non-hydrogen) atoms. The number of nitro benzene ring substituents is 1. The minimum atomic E-state index is -0.583. The number of carbonyl (C=O) groups excluding carboxylic acids is 1. The number of carbonyl (C=O) groups is 1. The van der Waals surface area contributed by atoms with Crippen LogP contribution < -0.4 is 10.1 Å². The molecule has 0 radical (unpaired) electrons. The fourth-order valence-electron chi connectivity index (χ4n) is 3.70. The topological polar surface area (TPSA) is 105 Å². The molecule has 0 spiro atoms. The van der Waals surface area contributed by atoms with E-state index < -0.39 is 10.8 Å². The van der Waals surface area contributed by atoms with E-state index in [1.54, 1.807) is 43.3 Å². The number of hydrogen-bond donors (Lipinski definition) is 1. The van der Waals surface area contributed by atoms with Crippen LogP contribution >= 0.6 is 11.6 Å². The lowest BCUT2D eigenvalue weighted by Crippen LogP contribution is -2.14. The normalized spacial score (nSPS) is 11.1. The molecule has 0 atom stereocenters. The van der Waals surface area contributed by atoms with Crippen LogP contribution in [0.25, 0.3) is 16.8 Å². The van der Waals surface area contributed by atoms with Crippen LogP contribution in [0.1, 0.15) is 16.7 Å². The van der Waals surface area contributed by atoms with Crippen molar-refractivity contribution in [2.45, 2.75) is 13.5 Å². The van der Waals surface area contributed by atoms with Gasteiger partial charge in [-0.2, -0.15) is 5.26 Å². The van der Waals surface area contributed by atoms with Gasteiger partial charge in [0.1, 0.15) is 24.0 Å². The summed E-state index contributed by atoms with van der Waals surface area (Å²) in [5.41, 5.74) is 2.21. The van der Waals surface area contributed by atoms with Gasteiger partial charge in [-0.15, -0.1) is 0 Å². The fourth-order valence-corrected chi connectivity index (χ4v) is 3.87. The molecule has 1 N–H and O–H groups in total. The number of amides is 1. The van der Waals surface area contributed by atoms with Crippen molar-refractivity contribution in [2.75, 3.05) is 5.32 Å². The minimum absolute atomic E-state index is 0.0329. The molecular formula is C28H20ClN3O4. The molecule has 7 nitrogen and oxygen atoms in total. The number of hydrogen-bond acceptors (Lipinski definition) is 5. The first kappa shape index (κ1) is 24.5. The third-order valence-electron chi connectivity index (χ3n) is 5.62. The number of non-ortho nitro benzene ring substituents is 1. The Labute approximate surface area is 212 Å². The molecular weight excluding hydrogens is 478 g/mol. The van der Waals surface area contributed by atoms with Gasteiger partial charge in [-0.1, -0.05) is 60.1 Å². The van der Waals surface area contributed by atoms with Crippen LogP contribution in [0.4, 0.5) is 11.4 Å². The predicted octanol–water partition coefficient (Wildman–Crippen LogP) is 6.83. The summed E-state index contributed by atoms with van der Waals surface area (Å²) < 4.78 is 6.02. The molecule has 0 saturated carbocycles. The Kier molecular flexibility index (Phi) is 7.28. The summed E-state index contributed by atoms with van der Waals surface area (Å²) in [4.78, 5) is 23.6. The number of nitriles is 1. The largest absolute Gasteiger partial charge is 0.488 e. The lowest BCUT2D eigenvalue weighted by atomic mass is 10.0. The van der Waals surface area contributed by atoms with Crippen molar-refractivity contribution in [1.82, 2.24) is 0 Å². The van der Waals surface area contributed by atoms with Crippen molar-refractivity contribution in [3.8, 4) is 11.8 Å². The average Bonchev–Trinajstić information content (AvgIpc) is 2.89. The minimum Gasteiger partial charge on any atom is -0.488 e. The molecule has 4 aromatic rings. The summed E-state index contributed by atoms with van der Waals surface area (Å²) in [5, 5.41) is 25.8. The molecule has 0 aromatic heterocycles. The number of fused-ring (bicyclic) bond motifs is 1. The molecule has 0 bridgehead atoms. The predicted molar refractivity (Wildman–Crippen MR) is 140 cm³/mol. The van der Waals surface area contributed by atoms with E-state index in [1.165, 1.54) is 18.2 Å². The van der Waals surface area contributed by atoms with Crippen LogP contribution in [0.2, 0.25) is 5.02 Å². The van der Waals surface area contributed by atoms with Gasteiger partial charge in [-0.25, -0.2) is 0 Å². The third kappa shape index (κ3) is 5.35. The first-order valence-electron chi connectivity index (χ1n) is 10.9. The summed E-state index contributed by atoms with van der Waals surface area (Å²) in [7, 11) is 0. The van der Waals surface area contributed by atoms with E-state index >= 15 is 0 Å². The van der Waals surface area contributed by atoms with Gasteiger partial charge in [0, 0.05) is 28.4 Å². The van der Waals surface area contributed by atoms with Crippen LogP contribution in [0.5, 0.6) is 5.75 Å². The van der Waals surface area contributed by atoms with Crippen molar-refractivity contribution < 1.29 is 14.5 Å². The number of nitrogens with one attached hydrogen (secondary N) is 1. The summed E-state index contributed by atoms with van der Waals surface area (Å²) in [6.45, 7) is 1.84. The molecule has 0 aliphatic carbocycles. The van der Waals surface area contributed by atoms with Crippen molar-refractivity contribution in [3.05, 3.63) is 116 Å². The smallest absolute Gasteiger partial charge is 0.269 e. The van der Waals surface area contributed by atoms with Crippen LogP contribution in [-0.2, 0) is 11.4 Å². The molecule has 0 saturated heterocycles. The van der Waals surface area contributed by atoms with E-state index in [0.717, 1.165) is 10.8 Å². The quantitative estimate of drug-likeness (QED) is 0.130. The average molecular weight is 498 g/mol. The van der Waals surface area contributed by atoms with E-state index in [0.29, 0.717) is 33.1 Å². The highest BCUT2D eigenvalue weighted by Gasteiger charge is 2.15. The van der Waals surface area contributed by atoms with Gasteiger partial charge in [-0.3, -0.25) is 14.9 Å². The number of halogens is 1. The summed E-state index contributed by atoms with van der Waals surface area (Å²) in [6, 6.07) is 24.4. The van der Waals surface area contributed by atoms with Gasteiger partial charge in [0.15, 0.2) is 0 Å². The number of ether oxygens (including phenoxy) is 1. The number of anilines is 1. The summed E-state index contributed by atoms with van der Waals surface area (Å²) >= 11 is 6.15. The molecule has 8 heteroatoms. The van der Waals surface area contributed by atoms with E-state index in [4.69, 9.17) is 16.3 Å². The molecule has 178 valence electrons. The lowest BCUT2D eigenvalue weighted by molar-refractivity contribution is -0.384. The van der Waals surface area contributed by atoms with Crippen LogP contribution in [0.3, 0.4) is 0 Å². The highest BCUT2D eigenvalue weighted by atomic mass is 35.5. The first-order valence-corrected chi connectivity index (χ1v) is 11.3. The maximum atomic E-state index is 13.0. The van der Waals surface area contributed by atoms with E-state index in [-0.39, 0.29) is 17.9 Å². The first-order chi connectivity index (χ1) is 17.4. The zero-order valence-electron chi connectivity index (χ0n) is 19.2. The Morgan fingerprint density at radius 2 is 1.89 bits per heavy atom. The second-order valence-electron chi connectivity index (χ2n) is 7.95. The van der Waals surface area contributed by atoms with Crippen molar-refractivity contribution in [2.24, 2.45) is 0 Å². The maximum Gasteiger partial charge on any atom is 0.269 e. The lowest BCUT2D eigenvalue weighted by Gasteiger charge is -2.13. The van der Waals surface area contributed by atoms with Crippen LogP contribution in [0, 0.1) is 28.4 Å². The van der Waals surface area contributed by atoms with Gasteiger partial charge in [0.05, 0.1) is 4.92 Å². The Hall–Kier alpha value is -4.67. The van der Waals surface area contributed by atoms with Crippen molar-refractivity contribution >= 4 is 45.7 Å². The van der Waals surface area contributed by atoms with E-state index in [1.807, 2.05) is 36.4 Å². The van der Waals surface area contributed by atoms with E-state index in [2.05, 4.69) is 5.32 Å². The van der Waals surface area contributed by atoms with Gasteiger partial charge in [0.2, 0.25) is 0 Å². The Balaban J connectivity index is 1.70. The van der Waals surface area contributed by atoms with Gasteiger partial charge in [-0.05, 0) is 53.1 Å². The number of benzene rings is 4. The zero-order chi connectivity index (χ0) is 25.7. The van der Waals surface area contributed by atoms with E-state index in [9.17, 15) is 20.2 Å². The molecule has 1 amide bonds. The number of nitrogens with zero attached hydrogens (tertiary/aromatic N) is 2. The van der Waals surface area contributed by atoms with Crippen molar-refractivity contribution in [3.63, 3.8) is 0 Å². The SMILES string of the molecule is Cc1c(Cl)cccc1NC(=O)/C(C#N)=C/c1c(OCc2cccc([N+](=O)[O-])c2)ccc2ccccc12. The molecule has 0 heterocycles. The van der Waals surface area contributed by atoms with Crippen LogP contribution in [0.15, 0.2) is 84.4 Å². The summed E-state index contributed by atoms with van der Waals surface area (Å²) in [5.74, 6) is -0.153. The molecule has 0 aliphatic rings. The Morgan fingerprint density at radius 3 is 2.67 bits per heavy atom. The summed E-state index contributed by atoms with van der Waals surface area (Å²) in [6.07, 6.45) is 1.49. The van der Waals surface area contributed by atoms with Crippen LogP contribution in [-0.4, -0.2) is 10.8 Å². The molecule has 0 aliphatic heterocycles. The van der Waals surface area contributed by atoms with Crippen molar-refractivity contribution in [1.29, 1.82) is 5.26 Å². The third-order valence-corrected chi connectivity index (χ3v) is 6.03. The second kappa shape index (κ2) is 10.7. The number of nitro groups is 1. The zero-order valence-corrected chi connectivity index (χ0v) is 20.0. The fraction of sp³-hybridized carbons (Fsp3) is 0.0714. The molecule has 4 aromatic carbocycles. The van der Waals surface area contributed by atoms with Gasteiger partial charge in [0.25, 0.3) is 11.6 Å². The Morgan fingerprint density at radius 1 is 1.11 bits per heavy atom. The standard InChI is InChI=1S/C28H20ClN3O4/c1-18-25(29)10-5-11-26(18)31-28(33)21(16-30)15-24-23-9-3-2-7-20(23)12-13-27(24)36-17-19-6-4-8-22(14-19)32(34)35/h2-15H,17H2,1H3,(H,31,33)/b21-15+. The molecule has 0 fully saturated rings. The number of rotatable bonds is 7. The Bertz CT molecular complexity index is 1560. The molecule has 0 unspecified atom stereocenters. The second-order valence-corrected chi connectivity index (χ2v) is 8.36.